The van der Waals surface area contributed by atoms with Crippen LogP contribution >= 0.6 is 23.4 Å². The Morgan fingerprint density at radius 2 is 1.89 bits per heavy atom. The van der Waals surface area contributed by atoms with E-state index in [-0.39, 0.29) is 11.7 Å². The number of hydrogen-bond donors (Lipinski definition) is 2. The second-order valence-electron chi connectivity index (χ2n) is 8.97. The quantitative estimate of drug-likeness (QED) is 0.263. The van der Waals surface area contributed by atoms with Gasteiger partial charge in [0.25, 0.3) is 5.91 Å². The Bertz CT molecular complexity index is 1520. The van der Waals surface area contributed by atoms with E-state index in [1.165, 1.54) is 23.9 Å². The van der Waals surface area contributed by atoms with Crippen LogP contribution in [0.3, 0.4) is 0 Å². The third-order valence-electron chi connectivity index (χ3n) is 6.15. The van der Waals surface area contributed by atoms with Crippen LogP contribution < -0.4 is 10.6 Å². The normalized spacial score (nSPS) is 14.8. The molecule has 37 heavy (non-hydrogen) atoms. The van der Waals surface area contributed by atoms with Crippen LogP contribution in [0.2, 0.25) is 5.02 Å². The highest BCUT2D eigenvalue weighted by atomic mass is 35.5. The molecule has 4 aromatic rings. The second kappa shape index (κ2) is 10.4. The molecule has 2 N–H and O–H groups in total. The van der Waals surface area contributed by atoms with Gasteiger partial charge in [0.05, 0.1) is 5.57 Å². The average molecular weight is 534 g/mol. The first-order valence-electron chi connectivity index (χ1n) is 11.7. The number of fused-ring (bicyclic) bond motifs is 1. The number of halogens is 2. The average Bonchev–Trinajstić information content (AvgIpc) is 3.26. The molecule has 0 saturated carbocycles. The molecule has 0 saturated heterocycles. The molecule has 1 aliphatic rings. The van der Waals surface area contributed by atoms with E-state index >= 15 is 0 Å². The topological polar surface area (TPSA) is 71.8 Å². The van der Waals surface area contributed by atoms with Gasteiger partial charge in [-0.1, -0.05) is 65.3 Å². The Morgan fingerprint density at radius 1 is 1.11 bits per heavy atom. The van der Waals surface area contributed by atoms with E-state index in [0.717, 1.165) is 27.9 Å². The molecular formula is C28H25ClFN5OS. The maximum Gasteiger partial charge on any atom is 0.255 e. The Morgan fingerprint density at radius 3 is 2.62 bits per heavy atom. The molecule has 1 aliphatic heterocycles. The molecule has 0 aliphatic carbocycles. The summed E-state index contributed by atoms with van der Waals surface area (Å²) in [7, 11) is 0. The maximum absolute atomic E-state index is 13.8. The molecule has 5 rings (SSSR count). The SMILES string of the molecule is CC1=C(C(=O)Nc2ccc(C)cc2C)[C@@H](c2ccc(F)cc2)n2nc(SCc3cccc(Cl)c3)nc2N1. The minimum atomic E-state index is -0.587. The van der Waals surface area contributed by atoms with Gasteiger partial charge in [-0.15, -0.1) is 5.10 Å². The number of nitrogens with zero attached hydrogens (tertiary/aromatic N) is 3. The number of amides is 1. The highest BCUT2D eigenvalue weighted by Crippen LogP contribution is 2.37. The molecule has 1 aromatic heterocycles. The summed E-state index contributed by atoms with van der Waals surface area (Å²) in [5, 5.41) is 12.3. The Kier molecular flexibility index (Phi) is 7.04. The van der Waals surface area contributed by atoms with Gasteiger partial charge in [0.15, 0.2) is 0 Å². The van der Waals surface area contributed by atoms with E-state index in [0.29, 0.717) is 33.2 Å². The number of hydrogen-bond acceptors (Lipinski definition) is 5. The van der Waals surface area contributed by atoms with Crippen LogP contribution in [-0.4, -0.2) is 20.7 Å². The summed E-state index contributed by atoms with van der Waals surface area (Å²) in [6.07, 6.45) is 0. The number of rotatable bonds is 6. The van der Waals surface area contributed by atoms with Gasteiger partial charge in [-0.2, -0.15) is 4.98 Å². The van der Waals surface area contributed by atoms with Gasteiger partial charge in [0, 0.05) is 22.2 Å². The summed E-state index contributed by atoms with van der Waals surface area (Å²) in [4.78, 5) is 18.3. The summed E-state index contributed by atoms with van der Waals surface area (Å²) in [5.41, 5.74) is 5.73. The Balaban J connectivity index is 1.49. The largest absolute Gasteiger partial charge is 0.328 e. The minimum absolute atomic E-state index is 0.263. The highest BCUT2D eigenvalue weighted by Gasteiger charge is 2.34. The first-order valence-corrected chi connectivity index (χ1v) is 13.1. The monoisotopic (exact) mass is 533 g/mol. The molecule has 2 heterocycles. The van der Waals surface area contributed by atoms with Crippen molar-refractivity contribution in [3.8, 4) is 0 Å². The molecule has 0 spiro atoms. The van der Waals surface area contributed by atoms with E-state index in [1.54, 1.807) is 16.8 Å². The molecule has 0 unspecified atom stereocenters. The molecule has 6 nitrogen and oxygen atoms in total. The van der Waals surface area contributed by atoms with Crippen molar-refractivity contribution in [3.63, 3.8) is 0 Å². The number of nitrogens with one attached hydrogen (secondary N) is 2. The molecule has 1 atom stereocenters. The number of carbonyl (C=O) groups is 1. The molecule has 3 aromatic carbocycles. The third-order valence-corrected chi connectivity index (χ3v) is 7.29. The van der Waals surface area contributed by atoms with E-state index in [9.17, 15) is 9.18 Å². The maximum atomic E-state index is 13.8. The summed E-state index contributed by atoms with van der Waals surface area (Å²) in [6, 6.07) is 19.1. The fraction of sp³-hybridized carbons (Fsp3) is 0.179. The van der Waals surface area contributed by atoms with Gasteiger partial charge in [-0.25, -0.2) is 9.07 Å². The highest BCUT2D eigenvalue weighted by molar-refractivity contribution is 7.98. The van der Waals surface area contributed by atoms with E-state index in [1.807, 2.05) is 63.2 Å². The number of allylic oxidation sites excluding steroid dienone is 1. The second-order valence-corrected chi connectivity index (χ2v) is 10.4. The standard InChI is InChI=1S/C28H25ClFN5OS/c1-16-7-12-23(17(2)13-16)32-26(36)24-18(3)31-27-33-28(37-15-19-5-4-6-21(29)14-19)34-35(27)25(24)20-8-10-22(30)11-9-20/h4-14,25H,15H2,1-3H3,(H,32,36)(H,31,33,34)/t25-/m1/s1. The fourth-order valence-electron chi connectivity index (χ4n) is 4.36. The van der Waals surface area contributed by atoms with Crippen LogP contribution in [0.5, 0.6) is 0 Å². The molecule has 9 heteroatoms. The molecule has 1 amide bonds. The van der Waals surface area contributed by atoms with Crippen molar-refractivity contribution in [1.29, 1.82) is 0 Å². The van der Waals surface area contributed by atoms with E-state index < -0.39 is 6.04 Å². The lowest BCUT2D eigenvalue weighted by atomic mass is 9.95. The zero-order valence-electron chi connectivity index (χ0n) is 20.5. The smallest absolute Gasteiger partial charge is 0.255 e. The summed E-state index contributed by atoms with van der Waals surface area (Å²) < 4.78 is 15.5. The fourth-order valence-corrected chi connectivity index (χ4v) is 5.34. The van der Waals surface area contributed by atoms with Crippen molar-refractivity contribution in [1.82, 2.24) is 14.8 Å². The van der Waals surface area contributed by atoms with Crippen LogP contribution in [0.15, 0.2) is 83.2 Å². The van der Waals surface area contributed by atoms with Gasteiger partial charge < -0.3 is 10.6 Å². The number of benzene rings is 3. The van der Waals surface area contributed by atoms with E-state index in [4.69, 9.17) is 16.7 Å². The van der Waals surface area contributed by atoms with Crippen molar-refractivity contribution >= 4 is 40.9 Å². The zero-order valence-corrected chi connectivity index (χ0v) is 22.1. The lowest BCUT2D eigenvalue weighted by Gasteiger charge is -2.28. The Labute approximate surface area is 224 Å². The van der Waals surface area contributed by atoms with Crippen LogP contribution in [-0.2, 0) is 10.5 Å². The van der Waals surface area contributed by atoms with Crippen molar-refractivity contribution < 1.29 is 9.18 Å². The summed E-state index contributed by atoms with van der Waals surface area (Å²) in [5.74, 6) is 0.540. The number of aryl methyl sites for hydroxylation is 2. The molecule has 0 fully saturated rings. The Hall–Kier alpha value is -3.62. The number of aromatic nitrogens is 3. The lowest BCUT2D eigenvalue weighted by molar-refractivity contribution is -0.113. The van der Waals surface area contributed by atoms with Crippen molar-refractivity contribution in [2.24, 2.45) is 0 Å². The van der Waals surface area contributed by atoms with Gasteiger partial charge in [-0.3, -0.25) is 4.79 Å². The van der Waals surface area contributed by atoms with Gasteiger partial charge in [0.1, 0.15) is 11.9 Å². The number of carbonyl (C=O) groups excluding carboxylic acids is 1. The summed E-state index contributed by atoms with van der Waals surface area (Å²) in [6.45, 7) is 5.80. The van der Waals surface area contributed by atoms with Crippen LogP contribution in [0.4, 0.5) is 16.0 Å². The molecule has 0 bridgehead atoms. The van der Waals surface area contributed by atoms with Crippen molar-refractivity contribution in [3.05, 3.63) is 111 Å². The van der Waals surface area contributed by atoms with Gasteiger partial charge >= 0.3 is 0 Å². The lowest BCUT2D eigenvalue weighted by Crippen LogP contribution is -2.31. The summed E-state index contributed by atoms with van der Waals surface area (Å²) >= 11 is 7.59. The van der Waals surface area contributed by atoms with Gasteiger partial charge in [0.2, 0.25) is 11.1 Å². The molecule has 188 valence electrons. The first kappa shape index (κ1) is 25.0. The minimum Gasteiger partial charge on any atom is -0.328 e. The van der Waals surface area contributed by atoms with Gasteiger partial charge in [-0.05, 0) is 67.8 Å². The van der Waals surface area contributed by atoms with Crippen molar-refractivity contribution in [2.45, 2.75) is 37.7 Å². The predicted molar refractivity (Wildman–Crippen MR) is 146 cm³/mol. The molecular weight excluding hydrogens is 509 g/mol. The van der Waals surface area contributed by atoms with Crippen molar-refractivity contribution in [2.75, 3.05) is 10.6 Å². The predicted octanol–water partition coefficient (Wildman–Crippen LogP) is 6.91. The zero-order chi connectivity index (χ0) is 26.1. The van der Waals surface area contributed by atoms with Crippen LogP contribution in [0.25, 0.3) is 0 Å². The third kappa shape index (κ3) is 5.40. The first-order chi connectivity index (χ1) is 17.8. The molecule has 0 radical (unpaired) electrons. The number of anilines is 2. The van der Waals surface area contributed by atoms with Crippen LogP contribution in [0.1, 0.15) is 35.2 Å². The van der Waals surface area contributed by atoms with E-state index in [2.05, 4.69) is 15.6 Å². The van der Waals surface area contributed by atoms with Crippen LogP contribution in [0, 0.1) is 19.7 Å². The number of thioether (sulfide) groups is 1.